The smallest absolute Gasteiger partial charge is 0.243 e. The summed E-state index contributed by atoms with van der Waals surface area (Å²) < 4.78 is 32.0. The van der Waals surface area contributed by atoms with E-state index in [1.54, 1.807) is 36.5 Å². The molecule has 1 aromatic carbocycles. The Hall–Kier alpha value is -1.11. The summed E-state index contributed by atoms with van der Waals surface area (Å²) in [5.41, 5.74) is 0.724. The number of aryl methyl sites for hydroxylation is 1. The van der Waals surface area contributed by atoms with Crippen molar-refractivity contribution in [1.82, 2.24) is 9.62 Å². The van der Waals surface area contributed by atoms with Gasteiger partial charge in [0.15, 0.2) is 0 Å². The first-order valence-electron chi connectivity index (χ1n) is 6.78. The molecule has 1 aromatic rings. The molecule has 1 saturated heterocycles. The number of methoxy groups -OCH3 is 1. The molecule has 0 radical (unpaired) electrons. The summed E-state index contributed by atoms with van der Waals surface area (Å²) >= 11 is 0. The molecule has 5 nitrogen and oxygen atoms in total. The number of nitrogens with zero attached hydrogens (tertiary/aromatic N) is 1. The highest BCUT2D eigenvalue weighted by atomic mass is 32.2. The van der Waals surface area contributed by atoms with Crippen LogP contribution in [0.3, 0.4) is 0 Å². The summed E-state index contributed by atoms with van der Waals surface area (Å²) in [4.78, 5) is 0.378. The van der Waals surface area contributed by atoms with Gasteiger partial charge < -0.3 is 10.1 Å². The van der Waals surface area contributed by atoms with E-state index in [2.05, 4.69) is 5.32 Å². The molecule has 0 saturated carbocycles. The van der Waals surface area contributed by atoms with Crippen LogP contribution >= 0.6 is 0 Å². The van der Waals surface area contributed by atoms with Crippen molar-refractivity contribution in [3.8, 4) is 5.75 Å². The lowest BCUT2D eigenvalue weighted by atomic mass is 10.1. The van der Waals surface area contributed by atoms with Crippen molar-refractivity contribution in [2.75, 3.05) is 33.8 Å². The number of benzene rings is 1. The maximum absolute atomic E-state index is 12.7. The average molecular weight is 298 g/mol. The molecule has 0 spiro atoms. The third-order valence-corrected chi connectivity index (χ3v) is 5.77. The number of ether oxygens (including phenoxy) is 1. The second-order valence-corrected chi connectivity index (χ2v) is 7.11. The number of nitrogens with one attached hydrogen (secondary N) is 1. The van der Waals surface area contributed by atoms with Crippen LogP contribution in [0, 0.1) is 12.8 Å². The molecule has 0 aromatic heterocycles. The second kappa shape index (κ2) is 6.11. The molecule has 0 aliphatic carbocycles. The van der Waals surface area contributed by atoms with Crippen LogP contribution in [0.1, 0.15) is 12.0 Å². The Bertz CT molecular complexity index is 572. The van der Waals surface area contributed by atoms with Gasteiger partial charge in [-0.05, 0) is 56.6 Å². The number of hydrogen-bond acceptors (Lipinski definition) is 4. The first kappa shape index (κ1) is 15.3. The van der Waals surface area contributed by atoms with Gasteiger partial charge in [-0.1, -0.05) is 0 Å². The molecule has 1 atom stereocenters. The molecule has 2 rings (SSSR count). The van der Waals surface area contributed by atoms with Gasteiger partial charge >= 0.3 is 0 Å². The van der Waals surface area contributed by atoms with Crippen LogP contribution in [-0.2, 0) is 10.0 Å². The standard InChI is InChI=1S/C14H22N2O3S/c1-11-8-13(19-3)4-5-14(11)20(17,18)16-7-6-12(10-16)9-15-2/h4-5,8,12,15H,6-7,9-10H2,1-3H3. The quantitative estimate of drug-likeness (QED) is 0.888. The summed E-state index contributed by atoms with van der Waals surface area (Å²) in [6.07, 6.45) is 0.912. The number of rotatable bonds is 5. The molecule has 1 heterocycles. The van der Waals surface area contributed by atoms with Crippen molar-refractivity contribution in [3.63, 3.8) is 0 Å². The van der Waals surface area contributed by atoms with Crippen LogP contribution in [0.4, 0.5) is 0 Å². The van der Waals surface area contributed by atoms with Crippen LogP contribution in [0.15, 0.2) is 23.1 Å². The topological polar surface area (TPSA) is 58.6 Å². The molecule has 1 N–H and O–H groups in total. The Morgan fingerprint density at radius 2 is 2.20 bits per heavy atom. The van der Waals surface area contributed by atoms with Gasteiger partial charge in [-0.2, -0.15) is 4.31 Å². The zero-order valence-corrected chi connectivity index (χ0v) is 13.0. The molecular formula is C14H22N2O3S. The van der Waals surface area contributed by atoms with E-state index in [0.29, 0.717) is 29.7 Å². The van der Waals surface area contributed by atoms with Gasteiger partial charge in [-0.3, -0.25) is 0 Å². The van der Waals surface area contributed by atoms with Gasteiger partial charge in [-0.15, -0.1) is 0 Å². The van der Waals surface area contributed by atoms with Crippen molar-refractivity contribution >= 4 is 10.0 Å². The summed E-state index contributed by atoms with van der Waals surface area (Å²) in [7, 11) is 0.0732. The van der Waals surface area contributed by atoms with E-state index in [0.717, 1.165) is 18.5 Å². The summed E-state index contributed by atoms with van der Waals surface area (Å²) in [5, 5.41) is 3.11. The molecule has 1 aliphatic rings. The highest BCUT2D eigenvalue weighted by Crippen LogP contribution is 2.27. The van der Waals surface area contributed by atoms with Gasteiger partial charge in [0.05, 0.1) is 12.0 Å². The van der Waals surface area contributed by atoms with Crippen molar-refractivity contribution in [1.29, 1.82) is 0 Å². The van der Waals surface area contributed by atoms with E-state index in [-0.39, 0.29) is 0 Å². The van der Waals surface area contributed by atoms with Crippen molar-refractivity contribution in [2.45, 2.75) is 18.2 Å². The largest absolute Gasteiger partial charge is 0.497 e. The molecule has 0 amide bonds. The fourth-order valence-corrected chi connectivity index (χ4v) is 4.38. The van der Waals surface area contributed by atoms with Crippen LogP contribution in [-0.4, -0.2) is 46.5 Å². The lowest BCUT2D eigenvalue weighted by Crippen LogP contribution is -2.30. The summed E-state index contributed by atoms with van der Waals surface area (Å²) in [5.74, 6) is 1.07. The average Bonchev–Trinajstić information content (AvgIpc) is 2.88. The fraction of sp³-hybridized carbons (Fsp3) is 0.571. The predicted molar refractivity (Wildman–Crippen MR) is 78.5 cm³/mol. The third-order valence-electron chi connectivity index (χ3n) is 3.74. The van der Waals surface area contributed by atoms with Crippen molar-refractivity contribution in [2.24, 2.45) is 5.92 Å². The minimum absolute atomic E-state index is 0.378. The minimum atomic E-state index is -3.40. The molecule has 1 aliphatic heterocycles. The molecule has 112 valence electrons. The Kier molecular flexibility index (Phi) is 4.67. The Labute approximate surface area is 121 Å². The normalized spacial score (nSPS) is 20.2. The van der Waals surface area contributed by atoms with Gasteiger partial charge in [0, 0.05) is 13.1 Å². The molecule has 0 bridgehead atoms. The van der Waals surface area contributed by atoms with E-state index < -0.39 is 10.0 Å². The summed E-state index contributed by atoms with van der Waals surface area (Å²) in [6.45, 7) is 3.85. The first-order valence-corrected chi connectivity index (χ1v) is 8.22. The number of sulfonamides is 1. The monoisotopic (exact) mass is 298 g/mol. The maximum Gasteiger partial charge on any atom is 0.243 e. The molecular weight excluding hydrogens is 276 g/mol. The minimum Gasteiger partial charge on any atom is -0.497 e. The van der Waals surface area contributed by atoms with Gasteiger partial charge in [-0.25, -0.2) is 8.42 Å². The Balaban J connectivity index is 2.23. The highest BCUT2D eigenvalue weighted by molar-refractivity contribution is 7.89. The maximum atomic E-state index is 12.7. The first-order chi connectivity index (χ1) is 9.48. The fourth-order valence-electron chi connectivity index (χ4n) is 2.65. The molecule has 20 heavy (non-hydrogen) atoms. The third kappa shape index (κ3) is 2.97. The van der Waals surface area contributed by atoms with Crippen molar-refractivity contribution < 1.29 is 13.2 Å². The molecule has 1 unspecified atom stereocenters. The van der Waals surface area contributed by atoms with Gasteiger partial charge in [0.25, 0.3) is 0 Å². The Morgan fingerprint density at radius 1 is 1.45 bits per heavy atom. The van der Waals surface area contributed by atoms with E-state index >= 15 is 0 Å². The Morgan fingerprint density at radius 3 is 2.80 bits per heavy atom. The van der Waals surface area contributed by atoms with Crippen molar-refractivity contribution in [3.05, 3.63) is 23.8 Å². The second-order valence-electron chi connectivity index (χ2n) is 5.21. The van der Waals surface area contributed by atoms with Gasteiger partial charge in [0.2, 0.25) is 10.0 Å². The van der Waals surface area contributed by atoms with Crippen LogP contribution < -0.4 is 10.1 Å². The highest BCUT2D eigenvalue weighted by Gasteiger charge is 2.32. The number of hydrogen-bond donors (Lipinski definition) is 1. The van der Waals surface area contributed by atoms with Crippen LogP contribution in [0.25, 0.3) is 0 Å². The SMILES string of the molecule is CNCC1CCN(S(=O)(=O)c2ccc(OC)cc2C)C1. The van der Waals surface area contributed by atoms with E-state index in [9.17, 15) is 8.42 Å². The predicted octanol–water partition coefficient (Wildman–Crippen LogP) is 1.23. The molecule has 1 fully saturated rings. The zero-order chi connectivity index (χ0) is 14.8. The van der Waals surface area contributed by atoms with Crippen LogP contribution in [0.2, 0.25) is 0 Å². The van der Waals surface area contributed by atoms with Crippen LogP contribution in [0.5, 0.6) is 5.75 Å². The molecule has 6 heteroatoms. The lowest BCUT2D eigenvalue weighted by Gasteiger charge is -2.18. The van der Waals surface area contributed by atoms with E-state index in [4.69, 9.17) is 4.74 Å². The van der Waals surface area contributed by atoms with E-state index in [1.807, 2.05) is 7.05 Å². The van der Waals surface area contributed by atoms with E-state index in [1.165, 1.54) is 0 Å². The zero-order valence-electron chi connectivity index (χ0n) is 12.2. The summed E-state index contributed by atoms with van der Waals surface area (Å²) in [6, 6.07) is 5.09. The van der Waals surface area contributed by atoms with Gasteiger partial charge in [0.1, 0.15) is 5.75 Å². The lowest BCUT2D eigenvalue weighted by molar-refractivity contribution is 0.413.